The predicted molar refractivity (Wildman–Crippen MR) is 87.2 cm³/mol. The molecular weight excluding hydrogens is 412 g/mol. The fourth-order valence-corrected chi connectivity index (χ4v) is 5.94. The molecule has 0 radical (unpaired) electrons. The van der Waals surface area contributed by atoms with E-state index in [0.717, 1.165) is 0 Å². The number of nitrogen functional groups attached to an aromatic ring is 1. The maximum atomic E-state index is 12.8. The first-order chi connectivity index (χ1) is 9.21. The van der Waals surface area contributed by atoms with Crippen LogP contribution in [0.2, 0.25) is 0 Å². The molecule has 0 amide bonds. The van der Waals surface area contributed by atoms with Gasteiger partial charge in [-0.15, -0.1) is 0 Å². The maximum absolute atomic E-state index is 12.8. The normalized spacial score (nSPS) is 12.3. The number of halogens is 2. The average molecular weight is 430 g/mol. The third-order valence-corrected chi connectivity index (χ3v) is 6.63. The van der Waals surface area contributed by atoms with Crippen LogP contribution in [0.25, 0.3) is 0 Å². The van der Waals surface area contributed by atoms with Gasteiger partial charge in [-0.1, -0.05) is 0 Å². The summed E-state index contributed by atoms with van der Waals surface area (Å²) in [5.74, 6) is 0. The van der Waals surface area contributed by atoms with Crippen LogP contribution in [-0.4, -0.2) is 39.0 Å². The Morgan fingerprint density at radius 2 is 1.80 bits per heavy atom. The van der Waals surface area contributed by atoms with Crippen molar-refractivity contribution in [1.82, 2.24) is 4.31 Å². The zero-order valence-electron chi connectivity index (χ0n) is 11.6. The van der Waals surface area contributed by atoms with Gasteiger partial charge in [-0.05, 0) is 57.8 Å². The molecule has 0 saturated carbocycles. The lowest BCUT2D eigenvalue weighted by atomic mass is 10.3. The molecule has 0 unspecified atom stereocenters. The third kappa shape index (κ3) is 3.94. The van der Waals surface area contributed by atoms with Gasteiger partial charge in [-0.25, -0.2) is 8.42 Å². The second kappa shape index (κ2) is 7.22. The van der Waals surface area contributed by atoms with Gasteiger partial charge in [0.15, 0.2) is 0 Å². The summed E-state index contributed by atoms with van der Waals surface area (Å²) in [5.41, 5.74) is 6.18. The van der Waals surface area contributed by atoms with Gasteiger partial charge in [0.25, 0.3) is 0 Å². The van der Waals surface area contributed by atoms with Crippen LogP contribution in [0.5, 0.6) is 0 Å². The van der Waals surface area contributed by atoms with E-state index in [0.29, 0.717) is 27.8 Å². The summed E-state index contributed by atoms with van der Waals surface area (Å²) < 4.78 is 32.9. The lowest BCUT2D eigenvalue weighted by Crippen LogP contribution is -2.39. The number of hydrogen-bond acceptors (Lipinski definition) is 4. The Morgan fingerprint density at radius 1 is 1.30 bits per heavy atom. The molecular formula is C12H18Br2N2O3S. The van der Waals surface area contributed by atoms with Crippen LogP contribution >= 0.6 is 31.9 Å². The Hall–Kier alpha value is -0.150. The first kappa shape index (κ1) is 17.9. The molecule has 2 N–H and O–H groups in total. The number of ether oxygens (including phenoxy) is 1. The fourth-order valence-electron chi connectivity index (χ4n) is 1.78. The molecule has 0 aliphatic rings. The van der Waals surface area contributed by atoms with E-state index >= 15 is 0 Å². The van der Waals surface area contributed by atoms with Crippen LogP contribution in [-0.2, 0) is 14.8 Å². The number of benzene rings is 1. The summed E-state index contributed by atoms with van der Waals surface area (Å²) in [7, 11) is -2.10. The topological polar surface area (TPSA) is 72.6 Å². The van der Waals surface area contributed by atoms with Crippen LogP contribution in [0, 0.1) is 0 Å². The second-order valence-electron chi connectivity index (χ2n) is 4.52. The average Bonchev–Trinajstić information content (AvgIpc) is 2.26. The van der Waals surface area contributed by atoms with Crippen molar-refractivity contribution in [3.05, 3.63) is 21.1 Å². The molecule has 0 aliphatic heterocycles. The quantitative estimate of drug-likeness (QED) is 0.705. The highest BCUT2D eigenvalue weighted by atomic mass is 79.9. The van der Waals surface area contributed by atoms with Gasteiger partial charge in [0, 0.05) is 34.3 Å². The molecule has 1 aromatic rings. The van der Waals surface area contributed by atoms with Crippen molar-refractivity contribution < 1.29 is 13.2 Å². The Bertz CT molecular complexity index is 553. The Kier molecular flexibility index (Phi) is 6.46. The van der Waals surface area contributed by atoms with E-state index in [1.165, 1.54) is 4.31 Å². The van der Waals surface area contributed by atoms with Crippen molar-refractivity contribution in [3.63, 3.8) is 0 Å². The molecule has 0 atom stereocenters. The molecule has 1 aromatic carbocycles. The zero-order valence-corrected chi connectivity index (χ0v) is 15.5. The van der Waals surface area contributed by atoms with Gasteiger partial charge in [0.2, 0.25) is 10.0 Å². The largest absolute Gasteiger partial charge is 0.399 e. The molecule has 5 nitrogen and oxygen atoms in total. The van der Waals surface area contributed by atoms with Crippen molar-refractivity contribution in [2.45, 2.75) is 24.8 Å². The molecule has 0 spiro atoms. The summed E-state index contributed by atoms with van der Waals surface area (Å²) in [4.78, 5) is 0.177. The summed E-state index contributed by atoms with van der Waals surface area (Å²) in [6, 6.07) is 2.98. The number of rotatable bonds is 6. The minimum atomic E-state index is -3.65. The summed E-state index contributed by atoms with van der Waals surface area (Å²) in [5, 5.41) is 0. The number of sulfonamides is 1. The van der Waals surface area contributed by atoms with E-state index in [2.05, 4.69) is 31.9 Å². The minimum Gasteiger partial charge on any atom is -0.399 e. The predicted octanol–water partition coefficient (Wildman–Crippen LogP) is 2.84. The van der Waals surface area contributed by atoms with E-state index < -0.39 is 10.0 Å². The lowest BCUT2D eigenvalue weighted by Gasteiger charge is -2.26. The van der Waals surface area contributed by atoms with E-state index in [1.54, 1.807) is 19.2 Å². The Balaban J connectivity index is 3.34. The first-order valence-corrected chi connectivity index (χ1v) is 8.99. The van der Waals surface area contributed by atoms with E-state index in [4.69, 9.17) is 10.5 Å². The second-order valence-corrected chi connectivity index (χ2v) is 8.05. The van der Waals surface area contributed by atoms with Crippen LogP contribution in [0.3, 0.4) is 0 Å². The lowest BCUT2D eigenvalue weighted by molar-refractivity contribution is 0.171. The molecule has 8 heteroatoms. The van der Waals surface area contributed by atoms with Gasteiger partial charge in [-0.3, -0.25) is 0 Å². The first-order valence-electron chi connectivity index (χ1n) is 5.97. The van der Waals surface area contributed by atoms with Crippen molar-refractivity contribution in [1.29, 1.82) is 0 Å². The van der Waals surface area contributed by atoms with Crippen LogP contribution < -0.4 is 5.73 Å². The van der Waals surface area contributed by atoms with Crippen LogP contribution in [0.15, 0.2) is 26.0 Å². The van der Waals surface area contributed by atoms with Gasteiger partial charge in [0.05, 0.1) is 6.61 Å². The van der Waals surface area contributed by atoms with Crippen molar-refractivity contribution in [3.8, 4) is 0 Å². The SMILES string of the molecule is COCCN(C(C)C)S(=O)(=O)c1c(Br)cc(N)cc1Br. The van der Waals surface area contributed by atoms with Gasteiger partial charge < -0.3 is 10.5 Å². The highest BCUT2D eigenvalue weighted by Crippen LogP contribution is 2.34. The molecule has 0 heterocycles. The highest BCUT2D eigenvalue weighted by Gasteiger charge is 2.30. The standard InChI is InChI=1S/C12H18Br2N2O3S/c1-8(2)16(4-5-19-3)20(17,18)12-10(13)6-9(15)7-11(12)14/h6-8H,4-5,15H2,1-3H3. The van der Waals surface area contributed by atoms with Crippen LogP contribution in [0.1, 0.15) is 13.8 Å². The molecule has 114 valence electrons. The summed E-state index contributed by atoms with van der Waals surface area (Å²) >= 11 is 6.54. The molecule has 20 heavy (non-hydrogen) atoms. The smallest absolute Gasteiger partial charge is 0.245 e. The van der Waals surface area contributed by atoms with E-state index in [1.807, 2.05) is 13.8 Å². The number of nitrogens with two attached hydrogens (primary N) is 1. The zero-order chi connectivity index (χ0) is 15.5. The van der Waals surface area contributed by atoms with Gasteiger partial charge in [-0.2, -0.15) is 4.31 Å². The monoisotopic (exact) mass is 428 g/mol. The number of anilines is 1. The summed E-state index contributed by atoms with van der Waals surface area (Å²) in [6.45, 7) is 4.28. The maximum Gasteiger partial charge on any atom is 0.245 e. The van der Waals surface area contributed by atoms with Crippen molar-refractivity contribution >= 4 is 47.6 Å². The Labute approximate surface area is 136 Å². The molecule has 0 bridgehead atoms. The molecule has 1 rings (SSSR count). The van der Waals surface area contributed by atoms with Gasteiger partial charge in [0.1, 0.15) is 4.90 Å². The third-order valence-electron chi connectivity index (χ3n) is 2.68. The minimum absolute atomic E-state index is 0.175. The number of methoxy groups -OCH3 is 1. The number of hydrogen-bond donors (Lipinski definition) is 1. The van der Waals surface area contributed by atoms with Gasteiger partial charge >= 0.3 is 0 Å². The van der Waals surface area contributed by atoms with E-state index in [-0.39, 0.29) is 10.9 Å². The number of nitrogens with zero attached hydrogens (tertiary/aromatic N) is 1. The molecule has 0 fully saturated rings. The van der Waals surface area contributed by atoms with Crippen molar-refractivity contribution in [2.75, 3.05) is 26.0 Å². The van der Waals surface area contributed by atoms with Crippen LogP contribution in [0.4, 0.5) is 5.69 Å². The molecule has 0 aromatic heterocycles. The van der Waals surface area contributed by atoms with E-state index in [9.17, 15) is 8.42 Å². The Morgan fingerprint density at radius 3 is 2.20 bits per heavy atom. The molecule has 0 aliphatic carbocycles. The molecule has 0 saturated heterocycles. The fraction of sp³-hybridized carbons (Fsp3) is 0.500. The summed E-state index contributed by atoms with van der Waals surface area (Å²) in [6.07, 6.45) is 0. The van der Waals surface area contributed by atoms with Crippen molar-refractivity contribution in [2.24, 2.45) is 0 Å². The highest BCUT2D eigenvalue weighted by molar-refractivity contribution is 9.11.